The van der Waals surface area contributed by atoms with Crippen molar-refractivity contribution in [2.24, 2.45) is 11.8 Å². The van der Waals surface area contributed by atoms with E-state index >= 15 is 0 Å². The van der Waals surface area contributed by atoms with Crippen LogP contribution in [0.15, 0.2) is 11.8 Å². The zero-order valence-corrected chi connectivity index (χ0v) is 12.3. The molecule has 0 aliphatic carbocycles. The molecule has 0 spiro atoms. The van der Waals surface area contributed by atoms with Crippen molar-refractivity contribution < 1.29 is 14.3 Å². The number of rotatable bonds is 8. The lowest BCUT2D eigenvalue weighted by Crippen LogP contribution is -2.20. The third-order valence-corrected chi connectivity index (χ3v) is 3.32. The van der Waals surface area contributed by atoms with E-state index in [9.17, 15) is 14.3 Å². The summed E-state index contributed by atoms with van der Waals surface area (Å²) in [6.45, 7) is 8.79. The highest BCUT2D eigenvalue weighted by atomic mass is 19.1. The van der Waals surface area contributed by atoms with Crippen molar-refractivity contribution in [2.75, 3.05) is 0 Å². The number of hydrogen-bond donors (Lipinski definition) is 1. The van der Waals surface area contributed by atoms with Crippen molar-refractivity contribution in [1.82, 2.24) is 0 Å². The summed E-state index contributed by atoms with van der Waals surface area (Å²) in [5.41, 5.74) is -1.33. The molecule has 0 saturated heterocycles. The first-order valence-electron chi connectivity index (χ1n) is 6.88. The van der Waals surface area contributed by atoms with Crippen molar-refractivity contribution in [2.45, 2.75) is 66.0 Å². The number of aliphatic hydroxyl groups is 1. The van der Waals surface area contributed by atoms with E-state index in [1.807, 2.05) is 20.8 Å². The molecule has 1 atom stereocenters. The normalized spacial score (nSPS) is 14.9. The molecule has 0 bridgehead atoms. The lowest BCUT2D eigenvalue weighted by molar-refractivity contribution is -0.118. The first kappa shape index (κ1) is 17.1. The Balaban J connectivity index is 4.77. The van der Waals surface area contributed by atoms with Gasteiger partial charge in [0.1, 0.15) is 5.67 Å². The number of carbonyl (C=O) groups excluding carboxylic acids is 1. The predicted molar refractivity (Wildman–Crippen MR) is 73.4 cm³/mol. The van der Waals surface area contributed by atoms with Gasteiger partial charge in [-0.1, -0.05) is 20.8 Å². The molecule has 0 aliphatic heterocycles. The Bertz CT molecular complexity index is 285. The summed E-state index contributed by atoms with van der Waals surface area (Å²) in [4.78, 5) is 11.9. The van der Waals surface area contributed by atoms with E-state index in [0.717, 1.165) is 12.8 Å². The number of halogens is 1. The Hall–Kier alpha value is -0.860. The Labute approximate surface area is 110 Å². The number of aliphatic hydroxyl groups excluding tert-OH is 1. The molecule has 0 aliphatic rings. The molecule has 0 aromatic heterocycles. The Morgan fingerprint density at radius 2 is 1.61 bits per heavy atom. The number of allylic oxidation sites excluding steroid dienone is 2. The Morgan fingerprint density at radius 1 is 1.17 bits per heavy atom. The van der Waals surface area contributed by atoms with Crippen LogP contribution in [0, 0.1) is 11.8 Å². The van der Waals surface area contributed by atoms with Gasteiger partial charge in [0.15, 0.2) is 5.78 Å². The van der Waals surface area contributed by atoms with E-state index in [0.29, 0.717) is 6.42 Å². The number of alkyl halides is 1. The minimum absolute atomic E-state index is 0.0279. The van der Waals surface area contributed by atoms with Crippen LogP contribution in [0.4, 0.5) is 4.39 Å². The lowest BCUT2D eigenvalue weighted by atomic mass is 9.89. The zero-order valence-electron chi connectivity index (χ0n) is 12.3. The van der Waals surface area contributed by atoms with Crippen LogP contribution >= 0.6 is 0 Å². The van der Waals surface area contributed by atoms with Gasteiger partial charge in [-0.15, -0.1) is 0 Å². The minimum atomic E-state index is -1.33. The van der Waals surface area contributed by atoms with E-state index in [2.05, 4.69) is 0 Å². The highest BCUT2D eigenvalue weighted by Gasteiger charge is 2.25. The largest absolute Gasteiger partial charge is 0.512 e. The monoisotopic (exact) mass is 258 g/mol. The van der Waals surface area contributed by atoms with Gasteiger partial charge >= 0.3 is 0 Å². The highest BCUT2D eigenvalue weighted by Crippen LogP contribution is 2.27. The van der Waals surface area contributed by atoms with Crippen LogP contribution in [-0.2, 0) is 4.79 Å². The molecular formula is C15H27FO2. The van der Waals surface area contributed by atoms with Gasteiger partial charge in [-0.3, -0.25) is 4.79 Å². The predicted octanol–water partition coefficient (Wildman–Crippen LogP) is 4.60. The number of ketones is 1. The first-order chi connectivity index (χ1) is 8.25. The topological polar surface area (TPSA) is 37.3 Å². The van der Waals surface area contributed by atoms with Crippen LogP contribution in [0.5, 0.6) is 0 Å². The fourth-order valence-electron chi connectivity index (χ4n) is 2.12. The molecule has 0 heterocycles. The molecule has 0 fully saturated rings. The average Bonchev–Trinajstić information content (AvgIpc) is 2.26. The maximum Gasteiger partial charge on any atom is 0.162 e. The molecule has 0 rings (SSSR count). The van der Waals surface area contributed by atoms with Gasteiger partial charge in [0.05, 0.1) is 5.76 Å². The second kappa shape index (κ2) is 7.55. The van der Waals surface area contributed by atoms with Crippen molar-refractivity contribution in [3.63, 3.8) is 0 Å². The van der Waals surface area contributed by atoms with Gasteiger partial charge in [-0.05, 0) is 39.5 Å². The van der Waals surface area contributed by atoms with Gasteiger partial charge in [-0.25, -0.2) is 4.39 Å². The van der Waals surface area contributed by atoms with Crippen LogP contribution in [0.2, 0.25) is 0 Å². The maximum absolute atomic E-state index is 13.6. The molecule has 2 nitrogen and oxygen atoms in total. The second-order valence-corrected chi connectivity index (χ2v) is 5.51. The van der Waals surface area contributed by atoms with Gasteiger partial charge < -0.3 is 5.11 Å². The summed E-state index contributed by atoms with van der Waals surface area (Å²) < 4.78 is 13.6. The molecule has 0 amide bonds. The third-order valence-electron chi connectivity index (χ3n) is 3.32. The van der Waals surface area contributed by atoms with Gasteiger partial charge in [0, 0.05) is 17.9 Å². The standard InChI is InChI=1S/C15H27FO2/c1-6-11(7-2)13(17)9-14(18)12(8-3)10-15(4,5)16/h9,11-12,18H,6-8,10H2,1-5H3/b14-9-. The Morgan fingerprint density at radius 3 is 1.94 bits per heavy atom. The van der Waals surface area contributed by atoms with E-state index < -0.39 is 5.67 Å². The highest BCUT2D eigenvalue weighted by molar-refractivity contribution is 5.92. The zero-order chi connectivity index (χ0) is 14.3. The summed E-state index contributed by atoms with van der Waals surface area (Å²) in [5.74, 6) is -0.334. The maximum atomic E-state index is 13.6. The number of carbonyl (C=O) groups is 1. The van der Waals surface area contributed by atoms with Crippen LogP contribution in [0.3, 0.4) is 0 Å². The van der Waals surface area contributed by atoms with Crippen molar-refractivity contribution in [3.8, 4) is 0 Å². The van der Waals surface area contributed by atoms with Crippen LogP contribution in [-0.4, -0.2) is 16.6 Å². The van der Waals surface area contributed by atoms with Crippen LogP contribution < -0.4 is 0 Å². The van der Waals surface area contributed by atoms with Gasteiger partial charge in [0.25, 0.3) is 0 Å². The summed E-state index contributed by atoms with van der Waals surface area (Å²) in [6.07, 6.45) is 3.71. The molecule has 3 heteroatoms. The van der Waals surface area contributed by atoms with Gasteiger partial charge in [-0.2, -0.15) is 0 Å². The fourth-order valence-corrected chi connectivity index (χ4v) is 2.12. The molecule has 0 aromatic rings. The molecule has 0 saturated carbocycles. The summed E-state index contributed by atoms with van der Waals surface area (Å²) in [6, 6.07) is 0. The summed E-state index contributed by atoms with van der Waals surface area (Å²) >= 11 is 0. The van der Waals surface area contributed by atoms with E-state index in [1.165, 1.54) is 19.9 Å². The van der Waals surface area contributed by atoms with Crippen molar-refractivity contribution in [3.05, 3.63) is 11.8 Å². The molecule has 1 N–H and O–H groups in total. The minimum Gasteiger partial charge on any atom is -0.512 e. The third kappa shape index (κ3) is 6.18. The van der Waals surface area contributed by atoms with Crippen LogP contribution in [0.1, 0.15) is 60.3 Å². The van der Waals surface area contributed by atoms with Crippen molar-refractivity contribution >= 4 is 5.78 Å². The fraction of sp³-hybridized carbons (Fsp3) is 0.800. The molecule has 0 aromatic carbocycles. The smallest absolute Gasteiger partial charge is 0.162 e. The Kier molecular flexibility index (Phi) is 7.19. The van der Waals surface area contributed by atoms with E-state index in [-0.39, 0.29) is 29.8 Å². The van der Waals surface area contributed by atoms with Crippen molar-refractivity contribution in [1.29, 1.82) is 0 Å². The quantitative estimate of drug-likeness (QED) is 0.510. The van der Waals surface area contributed by atoms with E-state index in [1.54, 1.807) is 0 Å². The first-order valence-corrected chi connectivity index (χ1v) is 6.88. The molecule has 18 heavy (non-hydrogen) atoms. The number of hydrogen-bond acceptors (Lipinski definition) is 2. The lowest BCUT2D eigenvalue weighted by Gasteiger charge is -2.21. The second-order valence-electron chi connectivity index (χ2n) is 5.51. The SMILES string of the molecule is CCC(CC)C(=O)/C=C(\O)C(CC)CC(C)(C)F. The van der Waals surface area contributed by atoms with Gasteiger partial charge in [0.2, 0.25) is 0 Å². The van der Waals surface area contributed by atoms with E-state index in [4.69, 9.17) is 0 Å². The van der Waals surface area contributed by atoms with Crippen LogP contribution in [0.25, 0.3) is 0 Å². The molecule has 0 radical (unpaired) electrons. The average molecular weight is 258 g/mol. The summed E-state index contributed by atoms with van der Waals surface area (Å²) in [7, 11) is 0. The molecule has 106 valence electrons. The summed E-state index contributed by atoms with van der Waals surface area (Å²) in [5, 5.41) is 9.96. The molecular weight excluding hydrogens is 231 g/mol. The molecule has 1 unspecified atom stereocenters.